The van der Waals surface area contributed by atoms with E-state index in [1.165, 1.54) is 7.05 Å². The number of amides is 1. The Kier molecular flexibility index (Phi) is 5.05. The average Bonchev–Trinajstić information content (AvgIpc) is 2.50. The highest BCUT2D eigenvalue weighted by molar-refractivity contribution is 7.87. The molecule has 0 bridgehead atoms. The lowest BCUT2D eigenvalue weighted by atomic mass is 9.99. The molecule has 1 saturated heterocycles. The first kappa shape index (κ1) is 16.7. The van der Waals surface area contributed by atoms with Crippen molar-refractivity contribution in [2.45, 2.75) is 25.4 Å². The van der Waals surface area contributed by atoms with Gasteiger partial charge in [0.25, 0.3) is 10.2 Å². The normalized spacial score (nSPS) is 24.7. The van der Waals surface area contributed by atoms with Crippen LogP contribution in [0.4, 0.5) is 0 Å². The van der Waals surface area contributed by atoms with Crippen LogP contribution in [-0.4, -0.2) is 45.4 Å². The molecule has 0 unspecified atom stereocenters. The highest BCUT2D eigenvalue weighted by Crippen LogP contribution is 2.29. The number of carbonyl (C=O) groups is 1. The van der Waals surface area contributed by atoms with Gasteiger partial charge in [-0.2, -0.15) is 17.4 Å². The zero-order chi connectivity index (χ0) is 16.3. The first-order chi connectivity index (χ1) is 10.4. The molecule has 0 radical (unpaired) electrons. The first-order valence-electron chi connectivity index (χ1n) is 7.06. The second-order valence-electron chi connectivity index (χ2n) is 5.11. The Balaban J connectivity index is 2.31. The maximum atomic E-state index is 12.2. The van der Waals surface area contributed by atoms with Crippen molar-refractivity contribution in [3.05, 3.63) is 29.8 Å². The van der Waals surface area contributed by atoms with Crippen molar-refractivity contribution in [3.8, 4) is 5.75 Å². The third-order valence-corrected chi connectivity index (χ3v) is 5.31. The lowest BCUT2D eigenvalue weighted by molar-refractivity contribution is -0.125. The van der Waals surface area contributed by atoms with E-state index in [1.807, 2.05) is 6.07 Å². The van der Waals surface area contributed by atoms with Crippen molar-refractivity contribution in [1.29, 1.82) is 0 Å². The minimum absolute atomic E-state index is 0.289. The van der Waals surface area contributed by atoms with Gasteiger partial charge in [-0.3, -0.25) is 4.79 Å². The van der Waals surface area contributed by atoms with E-state index in [2.05, 4.69) is 10.0 Å². The van der Waals surface area contributed by atoms with E-state index < -0.39 is 22.3 Å². The third-order valence-electron chi connectivity index (χ3n) is 3.72. The van der Waals surface area contributed by atoms with Gasteiger partial charge < -0.3 is 10.1 Å². The summed E-state index contributed by atoms with van der Waals surface area (Å²) in [6.07, 6.45) is 0.356. The minimum Gasteiger partial charge on any atom is -0.497 e. The quantitative estimate of drug-likeness (QED) is 0.838. The lowest BCUT2D eigenvalue weighted by Crippen LogP contribution is -2.57. The van der Waals surface area contributed by atoms with Gasteiger partial charge in [0.15, 0.2) is 0 Å². The summed E-state index contributed by atoms with van der Waals surface area (Å²) in [5, 5.41) is 2.68. The van der Waals surface area contributed by atoms with Gasteiger partial charge >= 0.3 is 0 Å². The number of nitrogens with zero attached hydrogens (tertiary/aromatic N) is 1. The summed E-state index contributed by atoms with van der Waals surface area (Å²) in [5.74, 6) is 0.355. The van der Waals surface area contributed by atoms with Gasteiger partial charge in [-0.05, 0) is 31.0 Å². The molecule has 2 atom stereocenters. The average molecular weight is 327 g/mol. The van der Waals surface area contributed by atoms with Gasteiger partial charge in [0, 0.05) is 13.6 Å². The van der Waals surface area contributed by atoms with Crippen LogP contribution in [0.25, 0.3) is 0 Å². The van der Waals surface area contributed by atoms with E-state index in [0.29, 0.717) is 18.7 Å². The standard InChI is InChI=1S/C14H21N3O4S/c1-4-15-14(18)13-9-12(16-22(19,20)17(13)2)10-6-5-7-11(8-10)21-3/h5-8,12-13,16H,4,9H2,1-3H3,(H,15,18)/t12-,13+/m1/s1. The fourth-order valence-electron chi connectivity index (χ4n) is 2.48. The summed E-state index contributed by atoms with van der Waals surface area (Å²) in [6.45, 7) is 2.26. The Hall–Kier alpha value is -1.64. The fourth-order valence-corrected chi connectivity index (χ4v) is 3.75. The van der Waals surface area contributed by atoms with Crippen molar-refractivity contribution >= 4 is 16.1 Å². The Bertz CT molecular complexity index is 647. The number of hydrogen-bond donors (Lipinski definition) is 2. The zero-order valence-electron chi connectivity index (χ0n) is 12.9. The van der Waals surface area contributed by atoms with Gasteiger partial charge in [-0.15, -0.1) is 0 Å². The van der Waals surface area contributed by atoms with Crippen molar-refractivity contribution in [2.24, 2.45) is 0 Å². The number of carbonyl (C=O) groups excluding carboxylic acids is 1. The predicted molar refractivity (Wildman–Crippen MR) is 82.6 cm³/mol. The molecule has 2 rings (SSSR count). The largest absolute Gasteiger partial charge is 0.497 e. The first-order valence-corrected chi connectivity index (χ1v) is 8.50. The van der Waals surface area contributed by atoms with Crippen molar-refractivity contribution in [1.82, 2.24) is 14.3 Å². The number of benzene rings is 1. The Morgan fingerprint density at radius 1 is 1.50 bits per heavy atom. The van der Waals surface area contributed by atoms with E-state index in [-0.39, 0.29) is 5.91 Å². The SMILES string of the molecule is CCNC(=O)[C@@H]1C[C@H](c2cccc(OC)c2)NS(=O)(=O)N1C. The molecule has 0 aliphatic carbocycles. The van der Waals surface area contributed by atoms with Crippen LogP contribution in [0.2, 0.25) is 0 Å². The second kappa shape index (κ2) is 6.64. The van der Waals surface area contributed by atoms with Gasteiger partial charge in [0.1, 0.15) is 11.8 Å². The molecule has 1 heterocycles. The third kappa shape index (κ3) is 3.40. The molecule has 0 aromatic heterocycles. The lowest BCUT2D eigenvalue weighted by Gasteiger charge is -2.36. The van der Waals surface area contributed by atoms with E-state index >= 15 is 0 Å². The molecular weight excluding hydrogens is 306 g/mol. The molecule has 1 amide bonds. The van der Waals surface area contributed by atoms with Crippen molar-refractivity contribution in [3.63, 3.8) is 0 Å². The number of likely N-dealkylation sites (N-methyl/N-ethyl adjacent to an activating group) is 2. The number of rotatable bonds is 4. The summed E-state index contributed by atoms with van der Waals surface area (Å²) < 4.78 is 33.3. The molecule has 7 nitrogen and oxygen atoms in total. The Morgan fingerprint density at radius 2 is 2.23 bits per heavy atom. The highest BCUT2D eigenvalue weighted by Gasteiger charge is 2.40. The summed E-state index contributed by atoms with van der Waals surface area (Å²) in [5.41, 5.74) is 0.769. The minimum atomic E-state index is -3.71. The number of nitrogens with one attached hydrogen (secondary N) is 2. The Morgan fingerprint density at radius 3 is 2.86 bits per heavy atom. The van der Waals surface area contributed by atoms with E-state index in [4.69, 9.17) is 4.74 Å². The van der Waals surface area contributed by atoms with Crippen molar-refractivity contribution in [2.75, 3.05) is 20.7 Å². The maximum Gasteiger partial charge on any atom is 0.280 e. The molecule has 1 aromatic rings. The van der Waals surface area contributed by atoms with Gasteiger partial charge in [0.2, 0.25) is 5.91 Å². The van der Waals surface area contributed by atoms with Crippen LogP contribution < -0.4 is 14.8 Å². The molecule has 1 aliphatic heterocycles. The van der Waals surface area contributed by atoms with E-state index in [0.717, 1.165) is 9.87 Å². The van der Waals surface area contributed by atoms with Crippen molar-refractivity contribution < 1.29 is 17.9 Å². The van der Waals surface area contributed by atoms with Crippen LogP contribution in [0, 0.1) is 0 Å². The summed E-state index contributed by atoms with van der Waals surface area (Å²) in [4.78, 5) is 12.1. The van der Waals surface area contributed by atoms with Crippen LogP contribution in [0.15, 0.2) is 24.3 Å². The van der Waals surface area contributed by atoms with Crippen LogP contribution in [0.1, 0.15) is 24.9 Å². The molecule has 22 heavy (non-hydrogen) atoms. The summed E-state index contributed by atoms with van der Waals surface area (Å²) >= 11 is 0. The predicted octanol–water partition coefficient (Wildman–Crippen LogP) is 0.411. The second-order valence-corrected chi connectivity index (χ2v) is 6.88. The van der Waals surface area contributed by atoms with Crippen LogP contribution in [-0.2, 0) is 15.0 Å². The van der Waals surface area contributed by atoms with Crippen LogP contribution >= 0.6 is 0 Å². The van der Waals surface area contributed by atoms with Gasteiger partial charge in [0.05, 0.1) is 13.2 Å². The highest BCUT2D eigenvalue weighted by atomic mass is 32.2. The molecule has 2 N–H and O–H groups in total. The van der Waals surface area contributed by atoms with Gasteiger partial charge in [-0.1, -0.05) is 12.1 Å². The molecular formula is C14H21N3O4S. The fraction of sp³-hybridized carbons (Fsp3) is 0.500. The maximum absolute atomic E-state index is 12.2. The number of hydrogen-bond acceptors (Lipinski definition) is 4. The topological polar surface area (TPSA) is 87.7 Å². The number of methoxy groups -OCH3 is 1. The number of ether oxygens (including phenoxy) is 1. The molecule has 0 spiro atoms. The zero-order valence-corrected chi connectivity index (χ0v) is 13.7. The smallest absolute Gasteiger partial charge is 0.280 e. The monoisotopic (exact) mass is 327 g/mol. The van der Waals surface area contributed by atoms with Crippen LogP contribution in [0.3, 0.4) is 0 Å². The van der Waals surface area contributed by atoms with E-state index in [1.54, 1.807) is 32.2 Å². The van der Waals surface area contributed by atoms with Gasteiger partial charge in [-0.25, -0.2) is 0 Å². The molecule has 1 fully saturated rings. The molecule has 0 saturated carbocycles. The molecule has 8 heteroatoms. The van der Waals surface area contributed by atoms with E-state index in [9.17, 15) is 13.2 Å². The molecule has 1 aromatic carbocycles. The summed E-state index contributed by atoms with van der Waals surface area (Å²) in [6, 6.07) is 5.96. The Labute approximate surface area is 130 Å². The molecule has 122 valence electrons. The summed E-state index contributed by atoms with van der Waals surface area (Å²) in [7, 11) is -0.751. The van der Waals surface area contributed by atoms with Crippen LogP contribution in [0.5, 0.6) is 5.75 Å². The molecule has 1 aliphatic rings.